The van der Waals surface area contributed by atoms with Gasteiger partial charge in [0.25, 0.3) is 0 Å². The van der Waals surface area contributed by atoms with Gasteiger partial charge < -0.3 is 14.2 Å². The molecule has 1 aromatic rings. The summed E-state index contributed by atoms with van der Waals surface area (Å²) in [5, 5.41) is 0. The van der Waals surface area contributed by atoms with Crippen LogP contribution in [-0.4, -0.2) is 43.5 Å². The van der Waals surface area contributed by atoms with Crippen LogP contribution in [0, 0.1) is 0 Å². The molecule has 0 atom stereocenters. The maximum absolute atomic E-state index is 5.37. The standard InChI is InChI=1S/C13H22N2O3/c1-13(2,3)11-9-14-12(15-10-11)18-8-7-17-6-5-16-4/h9-10H,5-8H2,1-4H3. The van der Waals surface area contributed by atoms with Gasteiger partial charge in [-0.2, -0.15) is 0 Å². The molecule has 0 aromatic carbocycles. The Hall–Kier alpha value is -1.20. The summed E-state index contributed by atoms with van der Waals surface area (Å²) in [4.78, 5) is 8.33. The van der Waals surface area contributed by atoms with Crippen LogP contribution in [0.4, 0.5) is 0 Å². The fourth-order valence-corrected chi connectivity index (χ4v) is 1.21. The quantitative estimate of drug-likeness (QED) is 0.695. The van der Waals surface area contributed by atoms with Crippen molar-refractivity contribution in [3.63, 3.8) is 0 Å². The molecule has 5 heteroatoms. The number of rotatable bonds is 7. The van der Waals surface area contributed by atoms with E-state index in [1.54, 1.807) is 19.5 Å². The fourth-order valence-electron chi connectivity index (χ4n) is 1.21. The van der Waals surface area contributed by atoms with Crippen molar-refractivity contribution in [2.75, 3.05) is 33.5 Å². The molecule has 1 rings (SSSR count). The van der Waals surface area contributed by atoms with Gasteiger partial charge in [-0.25, -0.2) is 9.97 Å². The van der Waals surface area contributed by atoms with E-state index in [-0.39, 0.29) is 5.41 Å². The molecule has 0 radical (unpaired) electrons. The van der Waals surface area contributed by atoms with Crippen molar-refractivity contribution in [1.29, 1.82) is 0 Å². The summed E-state index contributed by atoms with van der Waals surface area (Å²) in [6.45, 7) is 8.48. The molecule has 0 amide bonds. The molecule has 18 heavy (non-hydrogen) atoms. The Bertz CT molecular complexity index is 333. The summed E-state index contributed by atoms with van der Waals surface area (Å²) < 4.78 is 15.5. The van der Waals surface area contributed by atoms with Crippen LogP contribution in [0.2, 0.25) is 0 Å². The Balaban J connectivity index is 2.27. The highest BCUT2D eigenvalue weighted by Gasteiger charge is 2.14. The molecule has 1 heterocycles. The molecule has 102 valence electrons. The van der Waals surface area contributed by atoms with E-state index in [1.807, 2.05) is 0 Å². The minimum atomic E-state index is 0.0573. The number of ether oxygens (including phenoxy) is 3. The van der Waals surface area contributed by atoms with E-state index >= 15 is 0 Å². The van der Waals surface area contributed by atoms with Gasteiger partial charge in [-0.05, 0) is 11.0 Å². The number of hydrogen-bond donors (Lipinski definition) is 0. The van der Waals surface area contributed by atoms with E-state index in [0.29, 0.717) is 32.4 Å². The average Bonchev–Trinajstić information content (AvgIpc) is 2.33. The van der Waals surface area contributed by atoms with Gasteiger partial charge in [0, 0.05) is 19.5 Å². The minimum Gasteiger partial charge on any atom is -0.461 e. The molecule has 0 saturated carbocycles. The van der Waals surface area contributed by atoms with Crippen LogP contribution in [0.1, 0.15) is 26.3 Å². The molecule has 0 aliphatic rings. The first kappa shape index (κ1) is 14.9. The number of nitrogens with zero attached hydrogens (tertiary/aromatic N) is 2. The highest BCUT2D eigenvalue weighted by molar-refractivity contribution is 5.16. The first-order chi connectivity index (χ1) is 8.54. The Morgan fingerprint density at radius 1 is 1.00 bits per heavy atom. The van der Waals surface area contributed by atoms with Crippen molar-refractivity contribution >= 4 is 0 Å². The minimum absolute atomic E-state index is 0.0573. The Morgan fingerprint density at radius 2 is 1.61 bits per heavy atom. The summed E-state index contributed by atoms with van der Waals surface area (Å²) in [6, 6.07) is 0.387. The van der Waals surface area contributed by atoms with Gasteiger partial charge in [-0.1, -0.05) is 20.8 Å². The van der Waals surface area contributed by atoms with Gasteiger partial charge in [-0.15, -0.1) is 0 Å². The highest BCUT2D eigenvalue weighted by Crippen LogP contribution is 2.20. The molecule has 0 unspecified atom stereocenters. The molecular formula is C13H22N2O3. The van der Waals surface area contributed by atoms with Gasteiger partial charge >= 0.3 is 6.01 Å². The third-order valence-electron chi connectivity index (χ3n) is 2.38. The SMILES string of the molecule is COCCOCCOc1ncc(C(C)(C)C)cn1. The third-order valence-corrected chi connectivity index (χ3v) is 2.38. The normalized spacial score (nSPS) is 11.6. The molecule has 0 aliphatic carbocycles. The molecule has 0 bridgehead atoms. The summed E-state index contributed by atoms with van der Waals surface area (Å²) >= 11 is 0. The lowest BCUT2D eigenvalue weighted by atomic mass is 9.89. The summed E-state index contributed by atoms with van der Waals surface area (Å²) in [5.74, 6) is 0. The molecule has 0 saturated heterocycles. The van der Waals surface area contributed by atoms with Crippen LogP contribution in [-0.2, 0) is 14.9 Å². The predicted octanol–water partition coefficient (Wildman–Crippen LogP) is 1.82. The van der Waals surface area contributed by atoms with E-state index < -0.39 is 0 Å². The molecule has 0 fully saturated rings. The van der Waals surface area contributed by atoms with E-state index in [0.717, 1.165) is 5.56 Å². The maximum atomic E-state index is 5.37. The zero-order chi connectivity index (χ0) is 13.4. The second-order valence-corrected chi connectivity index (χ2v) is 4.96. The summed E-state index contributed by atoms with van der Waals surface area (Å²) in [5.41, 5.74) is 1.15. The molecule has 5 nitrogen and oxygen atoms in total. The summed E-state index contributed by atoms with van der Waals surface area (Å²) in [6.07, 6.45) is 3.60. The van der Waals surface area contributed by atoms with Gasteiger partial charge in [0.1, 0.15) is 6.61 Å². The molecule has 1 aromatic heterocycles. The van der Waals surface area contributed by atoms with Gasteiger partial charge in [0.15, 0.2) is 0 Å². The second-order valence-electron chi connectivity index (χ2n) is 4.96. The van der Waals surface area contributed by atoms with Crippen LogP contribution in [0.5, 0.6) is 6.01 Å². The van der Waals surface area contributed by atoms with Gasteiger partial charge in [0.2, 0.25) is 0 Å². The van der Waals surface area contributed by atoms with Gasteiger partial charge in [0.05, 0.1) is 19.8 Å². The van der Waals surface area contributed by atoms with Gasteiger partial charge in [-0.3, -0.25) is 0 Å². The largest absolute Gasteiger partial charge is 0.461 e. The Labute approximate surface area is 108 Å². The smallest absolute Gasteiger partial charge is 0.316 e. The van der Waals surface area contributed by atoms with Crippen molar-refractivity contribution in [2.45, 2.75) is 26.2 Å². The van der Waals surface area contributed by atoms with Crippen molar-refractivity contribution in [1.82, 2.24) is 9.97 Å². The topological polar surface area (TPSA) is 53.5 Å². The zero-order valence-corrected chi connectivity index (χ0v) is 11.6. The lowest BCUT2D eigenvalue weighted by molar-refractivity contribution is 0.0528. The van der Waals surface area contributed by atoms with Crippen molar-refractivity contribution in [3.05, 3.63) is 18.0 Å². The fraction of sp³-hybridized carbons (Fsp3) is 0.692. The van der Waals surface area contributed by atoms with Crippen LogP contribution < -0.4 is 4.74 Å². The van der Waals surface area contributed by atoms with Crippen molar-refractivity contribution in [3.8, 4) is 6.01 Å². The second kappa shape index (κ2) is 7.28. The van der Waals surface area contributed by atoms with E-state index in [1.165, 1.54) is 0 Å². The monoisotopic (exact) mass is 254 g/mol. The van der Waals surface area contributed by atoms with Crippen LogP contribution in [0.15, 0.2) is 12.4 Å². The van der Waals surface area contributed by atoms with Crippen LogP contribution in [0.3, 0.4) is 0 Å². The Kier molecular flexibility index (Phi) is 6.01. The zero-order valence-electron chi connectivity index (χ0n) is 11.6. The first-order valence-corrected chi connectivity index (χ1v) is 6.06. The van der Waals surface area contributed by atoms with Crippen LogP contribution >= 0.6 is 0 Å². The highest BCUT2D eigenvalue weighted by atomic mass is 16.5. The van der Waals surface area contributed by atoms with E-state index in [9.17, 15) is 0 Å². The Morgan fingerprint density at radius 3 is 2.17 bits per heavy atom. The molecular weight excluding hydrogens is 232 g/mol. The lowest BCUT2D eigenvalue weighted by Crippen LogP contribution is -2.14. The predicted molar refractivity (Wildman–Crippen MR) is 68.9 cm³/mol. The van der Waals surface area contributed by atoms with Crippen molar-refractivity contribution < 1.29 is 14.2 Å². The van der Waals surface area contributed by atoms with Crippen LogP contribution in [0.25, 0.3) is 0 Å². The number of methoxy groups -OCH3 is 1. The molecule has 0 N–H and O–H groups in total. The van der Waals surface area contributed by atoms with E-state index in [2.05, 4.69) is 30.7 Å². The third kappa shape index (κ3) is 5.42. The number of aromatic nitrogens is 2. The average molecular weight is 254 g/mol. The summed E-state index contributed by atoms with van der Waals surface area (Å²) in [7, 11) is 1.64. The molecule has 0 aliphatic heterocycles. The van der Waals surface area contributed by atoms with E-state index in [4.69, 9.17) is 14.2 Å². The maximum Gasteiger partial charge on any atom is 0.316 e. The van der Waals surface area contributed by atoms with Crippen molar-refractivity contribution in [2.24, 2.45) is 0 Å². The number of hydrogen-bond acceptors (Lipinski definition) is 5. The first-order valence-electron chi connectivity index (χ1n) is 6.06. The lowest BCUT2D eigenvalue weighted by Gasteiger charge is -2.17. The molecule has 0 spiro atoms.